The highest BCUT2D eigenvalue weighted by atomic mass is 16.5. The molecule has 0 fully saturated rings. The minimum atomic E-state index is 0. The van der Waals surface area contributed by atoms with E-state index >= 15 is 0 Å². The Kier molecular flexibility index (Phi) is 5.20. The maximum absolute atomic E-state index is 5.69. The second-order valence-corrected chi connectivity index (χ2v) is 3.12. The molecule has 1 aromatic carbocycles. The van der Waals surface area contributed by atoms with E-state index in [1.807, 2.05) is 19.2 Å². The van der Waals surface area contributed by atoms with E-state index < -0.39 is 0 Å². The van der Waals surface area contributed by atoms with Crippen LogP contribution in [0.15, 0.2) is 18.2 Å². The molecule has 0 saturated heterocycles. The molecule has 3 heteroatoms. The average Bonchev–Trinajstić information content (AvgIpc) is 2.08. The molecular weight excluding hydrogens is 176 g/mol. The first-order chi connectivity index (χ1) is 6.16. The fraction of sp³-hybridized carbons (Fsp3) is 0.455. The van der Waals surface area contributed by atoms with Gasteiger partial charge >= 0.3 is 0 Å². The van der Waals surface area contributed by atoms with E-state index in [9.17, 15) is 0 Å². The minimum absolute atomic E-state index is 0. The lowest BCUT2D eigenvalue weighted by Gasteiger charge is -2.18. The number of rotatable bonds is 3. The molecule has 0 atom stereocenters. The molecule has 14 heavy (non-hydrogen) atoms. The first kappa shape index (κ1) is 12.9. The standard InChI is InChI=1S/C10H16N2O.CH4/c1-8-5-4-6-10(12(2)11)9(8)7-13-3;/h4-6H,7,11H2,1-3H3;1H4. The number of ether oxygens (including phenoxy) is 1. The largest absolute Gasteiger partial charge is 0.380 e. The van der Waals surface area contributed by atoms with Gasteiger partial charge in [-0.1, -0.05) is 19.6 Å². The number of hydrogen-bond donors (Lipinski definition) is 1. The first-order valence-electron chi connectivity index (χ1n) is 4.22. The molecule has 0 unspecified atom stereocenters. The lowest BCUT2D eigenvalue weighted by Crippen LogP contribution is -2.26. The van der Waals surface area contributed by atoms with Crippen LogP contribution in [0.1, 0.15) is 18.6 Å². The van der Waals surface area contributed by atoms with Crippen LogP contribution in [0.25, 0.3) is 0 Å². The van der Waals surface area contributed by atoms with Crippen LogP contribution in [-0.2, 0) is 11.3 Å². The molecule has 3 nitrogen and oxygen atoms in total. The first-order valence-corrected chi connectivity index (χ1v) is 4.22. The molecule has 2 N–H and O–H groups in total. The Hall–Kier alpha value is -1.06. The summed E-state index contributed by atoms with van der Waals surface area (Å²) in [4.78, 5) is 0. The lowest BCUT2D eigenvalue weighted by molar-refractivity contribution is 0.184. The molecule has 0 aliphatic carbocycles. The Balaban J connectivity index is 0.00000169. The molecule has 80 valence electrons. The molecule has 0 aromatic heterocycles. The third-order valence-electron chi connectivity index (χ3n) is 2.05. The molecule has 0 aliphatic rings. The summed E-state index contributed by atoms with van der Waals surface area (Å²) in [7, 11) is 3.51. The molecule has 0 spiro atoms. The van der Waals surface area contributed by atoms with Crippen LogP contribution in [0.4, 0.5) is 5.69 Å². The second-order valence-electron chi connectivity index (χ2n) is 3.12. The van der Waals surface area contributed by atoms with Gasteiger partial charge in [-0.15, -0.1) is 0 Å². The third-order valence-corrected chi connectivity index (χ3v) is 2.05. The van der Waals surface area contributed by atoms with Gasteiger partial charge in [0.15, 0.2) is 0 Å². The highest BCUT2D eigenvalue weighted by Gasteiger charge is 2.06. The van der Waals surface area contributed by atoms with Gasteiger partial charge in [0.25, 0.3) is 0 Å². The van der Waals surface area contributed by atoms with Crippen molar-refractivity contribution in [3.63, 3.8) is 0 Å². The van der Waals surface area contributed by atoms with Gasteiger partial charge in [0.1, 0.15) is 0 Å². The summed E-state index contributed by atoms with van der Waals surface area (Å²) in [6, 6.07) is 6.04. The van der Waals surface area contributed by atoms with E-state index in [1.165, 1.54) is 5.56 Å². The van der Waals surface area contributed by atoms with E-state index in [4.69, 9.17) is 10.6 Å². The topological polar surface area (TPSA) is 38.5 Å². The summed E-state index contributed by atoms with van der Waals surface area (Å²) >= 11 is 0. The van der Waals surface area contributed by atoms with Gasteiger partial charge < -0.3 is 9.75 Å². The lowest BCUT2D eigenvalue weighted by atomic mass is 10.1. The van der Waals surface area contributed by atoms with Gasteiger partial charge in [0.2, 0.25) is 0 Å². The normalized spacial score (nSPS) is 9.43. The zero-order valence-corrected chi connectivity index (χ0v) is 8.37. The van der Waals surface area contributed by atoms with Crippen LogP contribution >= 0.6 is 0 Å². The van der Waals surface area contributed by atoms with Crippen molar-refractivity contribution in [2.24, 2.45) is 5.84 Å². The number of hydrazine groups is 1. The van der Waals surface area contributed by atoms with Gasteiger partial charge in [-0.2, -0.15) is 0 Å². The summed E-state index contributed by atoms with van der Waals surface area (Å²) < 4.78 is 5.12. The van der Waals surface area contributed by atoms with E-state index in [0.29, 0.717) is 6.61 Å². The number of nitrogens with two attached hydrogens (primary N) is 1. The Morgan fingerprint density at radius 1 is 1.43 bits per heavy atom. The number of methoxy groups -OCH3 is 1. The van der Waals surface area contributed by atoms with Crippen LogP contribution in [0.2, 0.25) is 0 Å². The minimum Gasteiger partial charge on any atom is -0.380 e. The second kappa shape index (κ2) is 5.62. The van der Waals surface area contributed by atoms with E-state index in [1.54, 1.807) is 12.1 Å². The van der Waals surface area contributed by atoms with Gasteiger partial charge in [-0.25, -0.2) is 5.84 Å². The smallest absolute Gasteiger partial charge is 0.0736 e. The summed E-state index contributed by atoms with van der Waals surface area (Å²) in [5.74, 6) is 5.69. The van der Waals surface area contributed by atoms with E-state index in [2.05, 4.69) is 13.0 Å². The van der Waals surface area contributed by atoms with Gasteiger partial charge in [0.05, 0.1) is 12.3 Å². The van der Waals surface area contributed by atoms with Crippen LogP contribution in [0, 0.1) is 6.92 Å². The Labute approximate surface area is 86.4 Å². The summed E-state index contributed by atoms with van der Waals surface area (Å²) in [6.07, 6.45) is 0. The van der Waals surface area contributed by atoms with Crippen LogP contribution in [-0.4, -0.2) is 14.2 Å². The molecule has 0 radical (unpaired) electrons. The van der Waals surface area contributed by atoms with Crippen molar-refractivity contribution in [1.29, 1.82) is 0 Å². The summed E-state index contributed by atoms with van der Waals surface area (Å²) in [5, 5.41) is 1.61. The molecule has 0 amide bonds. The third kappa shape index (κ3) is 2.72. The average molecular weight is 196 g/mol. The fourth-order valence-electron chi connectivity index (χ4n) is 1.35. The zero-order chi connectivity index (χ0) is 9.84. The van der Waals surface area contributed by atoms with Crippen molar-refractivity contribution in [1.82, 2.24) is 0 Å². The van der Waals surface area contributed by atoms with E-state index in [-0.39, 0.29) is 7.43 Å². The Morgan fingerprint density at radius 3 is 2.57 bits per heavy atom. The predicted octanol–water partition coefficient (Wildman–Crippen LogP) is 2.09. The van der Waals surface area contributed by atoms with Gasteiger partial charge in [0, 0.05) is 19.7 Å². The molecule has 0 bridgehead atoms. The summed E-state index contributed by atoms with van der Waals surface area (Å²) in [6.45, 7) is 2.66. The highest BCUT2D eigenvalue weighted by Crippen LogP contribution is 2.21. The molecule has 1 aromatic rings. The number of benzene rings is 1. The van der Waals surface area contributed by atoms with Crippen molar-refractivity contribution in [2.75, 3.05) is 19.2 Å². The van der Waals surface area contributed by atoms with Crippen molar-refractivity contribution in [2.45, 2.75) is 21.0 Å². The number of nitrogens with zero attached hydrogens (tertiary/aromatic N) is 1. The predicted molar refractivity (Wildman–Crippen MR) is 61.2 cm³/mol. The Bertz CT molecular complexity index is 285. The summed E-state index contributed by atoms with van der Waals surface area (Å²) in [5.41, 5.74) is 3.37. The fourth-order valence-corrected chi connectivity index (χ4v) is 1.35. The SMILES string of the molecule is C.COCc1c(C)cccc1N(C)N. The molecule has 0 aliphatic heterocycles. The van der Waals surface area contributed by atoms with Crippen molar-refractivity contribution in [3.05, 3.63) is 29.3 Å². The monoisotopic (exact) mass is 196 g/mol. The number of aryl methyl sites for hydroxylation is 1. The maximum atomic E-state index is 5.69. The molecular formula is C11H20N2O. The van der Waals surface area contributed by atoms with E-state index in [0.717, 1.165) is 11.3 Å². The number of hydrogen-bond acceptors (Lipinski definition) is 3. The van der Waals surface area contributed by atoms with Crippen molar-refractivity contribution >= 4 is 5.69 Å². The van der Waals surface area contributed by atoms with Gasteiger partial charge in [-0.05, 0) is 18.6 Å². The van der Waals surface area contributed by atoms with Gasteiger partial charge in [-0.3, -0.25) is 0 Å². The van der Waals surface area contributed by atoms with Crippen LogP contribution in [0.3, 0.4) is 0 Å². The quantitative estimate of drug-likeness (QED) is 0.594. The number of anilines is 1. The van der Waals surface area contributed by atoms with Crippen molar-refractivity contribution < 1.29 is 4.74 Å². The zero-order valence-electron chi connectivity index (χ0n) is 8.37. The maximum Gasteiger partial charge on any atom is 0.0736 e. The van der Waals surface area contributed by atoms with Crippen molar-refractivity contribution in [3.8, 4) is 0 Å². The van der Waals surface area contributed by atoms with Crippen LogP contribution < -0.4 is 10.9 Å². The van der Waals surface area contributed by atoms with Crippen LogP contribution in [0.5, 0.6) is 0 Å². The molecule has 1 rings (SSSR count). The molecule has 0 heterocycles. The molecule has 0 saturated carbocycles. The highest BCUT2D eigenvalue weighted by molar-refractivity contribution is 5.54. The Morgan fingerprint density at radius 2 is 2.07 bits per heavy atom.